The number of nitro benzene ring substituents is 1. The summed E-state index contributed by atoms with van der Waals surface area (Å²) >= 11 is 1.58. The molecule has 0 bridgehead atoms. The molecule has 23 heavy (non-hydrogen) atoms. The number of carbonyl (C=O) groups excluding carboxylic acids is 1. The third kappa shape index (κ3) is 5.26. The third-order valence-electron chi connectivity index (χ3n) is 3.50. The average molecular weight is 336 g/mol. The number of hydrogen-bond donors (Lipinski definition) is 2. The lowest BCUT2D eigenvalue weighted by Gasteiger charge is -2.18. The van der Waals surface area contributed by atoms with Gasteiger partial charge in [-0.3, -0.25) is 14.9 Å². The quantitative estimate of drug-likeness (QED) is 0.430. The Balaban J connectivity index is 1.62. The Bertz CT molecular complexity index is 577. The molecule has 1 heterocycles. The van der Waals surface area contributed by atoms with Crippen molar-refractivity contribution >= 4 is 29.0 Å². The van der Waals surface area contributed by atoms with Gasteiger partial charge in [-0.1, -0.05) is 0 Å². The van der Waals surface area contributed by atoms with Gasteiger partial charge in [-0.2, -0.15) is 0 Å². The number of thioether (sulfide) groups is 1. The maximum atomic E-state index is 12.0. The summed E-state index contributed by atoms with van der Waals surface area (Å²) in [5.74, 6) is 0.614. The Labute approximate surface area is 139 Å². The minimum atomic E-state index is -0.460. The Hall–Kier alpha value is -2.06. The number of hydrogen-bond acceptors (Lipinski definition) is 6. The van der Waals surface area contributed by atoms with Gasteiger partial charge in [-0.15, -0.1) is 11.8 Å². The summed E-state index contributed by atoms with van der Waals surface area (Å²) in [5.41, 5.74) is 6.84. The van der Waals surface area contributed by atoms with E-state index < -0.39 is 11.0 Å². The van der Waals surface area contributed by atoms with Crippen molar-refractivity contribution < 1.29 is 9.72 Å². The lowest BCUT2D eigenvalue weighted by Crippen LogP contribution is -2.40. The van der Waals surface area contributed by atoms with Gasteiger partial charge in [0.25, 0.3) is 5.69 Å². The summed E-state index contributed by atoms with van der Waals surface area (Å²) in [6.45, 7) is 0.734. The highest BCUT2D eigenvalue weighted by molar-refractivity contribution is 8.02. The molecule has 1 amide bonds. The third-order valence-corrected chi connectivity index (χ3v) is 4.24. The molecule has 1 aromatic rings. The molecule has 124 valence electrons. The number of nitrogens with two attached hydrogens (primary N) is 1. The monoisotopic (exact) mass is 336 g/mol. The van der Waals surface area contributed by atoms with Crippen LogP contribution in [0.3, 0.4) is 0 Å². The maximum absolute atomic E-state index is 12.0. The van der Waals surface area contributed by atoms with Crippen LogP contribution in [0.2, 0.25) is 0 Å². The maximum Gasteiger partial charge on any atom is 0.269 e. The van der Waals surface area contributed by atoms with Gasteiger partial charge in [0.05, 0.1) is 16.8 Å². The first-order valence-electron chi connectivity index (χ1n) is 7.40. The highest BCUT2D eigenvalue weighted by atomic mass is 32.2. The summed E-state index contributed by atoms with van der Waals surface area (Å²) in [6.07, 6.45) is 4.14. The fourth-order valence-corrected chi connectivity index (χ4v) is 2.87. The molecule has 1 aliphatic heterocycles. The molecule has 7 nitrogen and oxygen atoms in total. The minimum Gasteiger partial charge on any atom is -0.385 e. The largest absolute Gasteiger partial charge is 0.385 e. The van der Waals surface area contributed by atoms with Crippen LogP contribution < -0.4 is 11.1 Å². The topological polar surface area (TPSA) is 101 Å². The first-order valence-corrected chi connectivity index (χ1v) is 8.45. The highest BCUT2D eigenvalue weighted by Crippen LogP contribution is 2.17. The molecule has 1 unspecified atom stereocenters. The second kappa shape index (κ2) is 8.54. The molecule has 1 aliphatic rings. The minimum absolute atomic E-state index is 0.0328. The zero-order valence-corrected chi connectivity index (χ0v) is 13.5. The van der Waals surface area contributed by atoms with Crippen LogP contribution >= 0.6 is 11.8 Å². The molecule has 8 heteroatoms. The number of non-ortho nitro benzene ring substituents is 1. The van der Waals surface area contributed by atoms with Gasteiger partial charge < -0.3 is 16.0 Å². The van der Waals surface area contributed by atoms with Crippen LogP contribution in [0.15, 0.2) is 35.9 Å². The Morgan fingerprint density at radius 3 is 2.74 bits per heavy atom. The summed E-state index contributed by atoms with van der Waals surface area (Å²) in [4.78, 5) is 23.8. The number of nitrogens with zero attached hydrogens (tertiary/aromatic N) is 2. The van der Waals surface area contributed by atoms with Gasteiger partial charge in [0, 0.05) is 30.6 Å². The molecule has 1 atom stereocenters. The number of nitro groups is 1. The first-order chi connectivity index (χ1) is 11.1. The van der Waals surface area contributed by atoms with E-state index in [1.807, 2.05) is 5.41 Å². The van der Waals surface area contributed by atoms with E-state index in [2.05, 4.69) is 5.32 Å². The zero-order valence-electron chi connectivity index (χ0n) is 12.7. The van der Waals surface area contributed by atoms with E-state index in [1.165, 1.54) is 12.1 Å². The molecular weight excluding hydrogens is 316 g/mol. The number of amides is 1. The molecule has 0 saturated heterocycles. The van der Waals surface area contributed by atoms with E-state index in [0.29, 0.717) is 12.3 Å². The van der Waals surface area contributed by atoms with E-state index in [4.69, 9.17) is 5.73 Å². The van der Waals surface area contributed by atoms with Gasteiger partial charge in [0.15, 0.2) is 0 Å². The fourth-order valence-electron chi connectivity index (χ4n) is 2.18. The molecule has 0 spiro atoms. The van der Waals surface area contributed by atoms with E-state index in [9.17, 15) is 14.9 Å². The van der Waals surface area contributed by atoms with Gasteiger partial charge >= 0.3 is 0 Å². The van der Waals surface area contributed by atoms with Crippen molar-refractivity contribution in [2.45, 2.75) is 25.3 Å². The van der Waals surface area contributed by atoms with Crippen LogP contribution in [0.5, 0.6) is 0 Å². The summed E-state index contributed by atoms with van der Waals surface area (Å²) in [7, 11) is 0. The van der Waals surface area contributed by atoms with E-state index in [-0.39, 0.29) is 11.6 Å². The van der Waals surface area contributed by atoms with Crippen LogP contribution in [0.1, 0.15) is 19.3 Å². The predicted molar refractivity (Wildman–Crippen MR) is 91.9 cm³/mol. The van der Waals surface area contributed by atoms with E-state index >= 15 is 0 Å². The normalized spacial score (nSPS) is 14.7. The van der Waals surface area contributed by atoms with Crippen LogP contribution in [-0.2, 0) is 4.79 Å². The second-order valence-electron chi connectivity index (χ2n) is 5.22. The van der Waals surface area contributed by atoms with Crippen LogP contribution in [0, 0.1) is 10.1 Å². The Morgan fingerprint density at radius 1 is 1.39 bits per heavy atom. The molecule has 0 aliphatic carbocycles. The molecule has 0 aromatic heterocycles. The summed E-state index contributed by atoms with van der Waals surface area (Å²) < 4.78 is 0. The van der Waals surface area contributed by atoms with Gasteiger partial charge in [-0.25, -0.2) is 0 Å². The summed E-state index contributed by atoms with van der Waals surface area (Å²) in [5, 5.41) is 15.6. The number of carbonyl (C=O) groups is 1. The Morgan fingerprint density at radius 2 is 2.13 bits per heavy atom. The number of rotatable bonds is 8. The smallest absolute Gasteiger partial charge is 0.269 e. The molecular formula is C15H20N4O3S. The highest BCUT2D eigenvalue weighted by Gasteiger charge is 2.20. The van der Waals surface area contributed by atoms with Crippen molar-refractivity contribution in [3.05, 3.63) is 46.0 Å². The fraction of sp³-hybridized carbons (Fsp3) is 0.400. The van der Waals surface area contributed by atoms with Crippen molar-refractivity contribution in [1.82, 2.24) is 4.90 Å². The standard InChI is InChI=1S/C15H20N4O3S/c16-14(15(20)18-9-10-23-11-18)3-1-2-8-17-12-4-6-13(7-5-12)19(21)22/h4-7,9-10,14,17H,1-3,8,11,16H2. The molecule has 2 rings (SSSR count). The van der Waals surface area contributed by atoms with Crippen molar-refractivity contribution in [2.24, 2.45) is 5.73 Å². The van der Waals surface area contributed by atoms with Gasteiger partial charge in [0.1, 0.15) is 0 Å². The second-order valence-corrected chi connectivity index (χ2v) is 6.09. The first kappa shape index (κ1) is 17.3. The molecule has 0 saturated carbocycles. The Kier molecular flexibility index (Phi) is 6.42. The molecule has 3 N–H and O–H groups in total. The van der Waals surface area contributed by atoms with Crippen LogP contribution in [0.4, 0.5) is 11.4 Å². The van der Waals surface area contributed by atoms with Gasteiger partial charge in [-0.05, 0) is 36.8 Å². The van der Waals surface area contributed by atoms with E-state index in [1.54, 1.807) is 35.0 Å². The zero-order chi connectivity index (χ0) is 16.7. The van der Waals surface area contributed by atoms with Crippen molar-refractivity contribution in [3.63, 3.8) is 0 Å². The molecule has 1 aromatic carbocycles. The lowest BCUT2D eigenvalue weighted by molar-refractivity contribution is -0.384. The van der Waals surface area contributed by atoms with Crippen molar-refractivity contribution in [3.8, 4) is 0 Å². The number of nitrogens with one attached hydrogen (secondary N) is 1. The predicted octanol–water partition coefficient (Wildman–Crippen LogP) is 2.51. The molecule has 0 fully saturated rings. The van der Waals surface area contributed by atoms with Crippen LogP contribution in [-0.4, -0.2) is 34.2 Å². The molecule has 0 radical (unpaired) electrons. The number of benzene rings is 1. The van der Waals surface area contributed by atoms with Crippen molar-refractivity contribution in [1.29, 1.82) is 0 Å². The number of unbranched alkanes of at least 4 members (excludes halogenated alkanes) is 1. The van der Waals surface area contributed by atoms with E-state index in [0.717, 1.165) is 25.1 Å². The lowest BCUT2D eigenvalue weighted by atomic mass is 10.1. The number of anilines is 1. The SMILES string of the molecule is NC(CCCCNc1ccc([N+](=O)[O-])cc1)C(=O)N1C=CSC1. The van der Waals surface area contributed by atoms with Crippen molar-refractivity contribution in [2.75, 3.05) is 17.7 Å². The summed E-state index contributed by atoms with van der Waals surface area (Å²) in [6, 6.07) is 5.85. The van der Waals surface area contributed by atoms with Gasteiger partial charge in [0.2, 0.25) is 5.91 Å². The van der Waals surface area contributed by atoms with Crippen LogP contribution in [0.25, 0.3) is 0 Å². The average Bonchev–Trinajstić information content (AvgIpc) is 3.08.